The number of thiazole rings is 1. The first-order chi connectivity index (χ1) is 18.1. The van der Waals surface area contributed by atoms with Crippen molar-refractivity contribution in [2.75, 3.05) is 18.4 Å². The smallest absolute Gasteiger partial charge is 0.410 e. The number of aliphatic hydroxyl groups is 1. The number of nitrogens with one attached hydrogen (secondary N) is 1. The molecule has 1 aliphatic carbocycles. The van der Waals surface area contributed by atoms with E-state index >= 15 is 0 Å². The summed E-state index contributed by atoms with van der Waals surface area (Å²) < 4.78 is 19.2. The van der Waals surface area contributed by atoms with E-state index in [4.69, 9.17) is 14.7 Å². The second-order valence-corrected chi connectivity index (χ2v) is 12.1. The molecule has 2 aliphatic rings. The fourth-order valence-electron chi connectivity index (χ4n) is 4.90. The van der Waals surface area contributed by atoms with Crippen LogP contribution in [0.3, 0.4) is 0 Å². The standard InChI is InChI=1S/C28H34FN5O3S/c1-27(2,3)37-26(35)34-16-13-28(36,14-17-34)24-33-22(18-8-10-19(29)11-9-18)23(38-24)21-12-15-30-25(32-21)31-20-6-4-5-7-20/h8-12,15,20,36H,4-7,13-14,16-17H2,1-3H3,(H,30,31,32). The minimum Gasteiger partial charge on any atom is -0.444 e. The SMILES string of the molecule is CC(C)(C)OC(=O)N1CCC(O)(c2nc(-c3ccc(F)cc3)c(-c3ccnc(NC4CCCC4)n3)s2)CC1. The topological polar surface area (TPSA) is 100 Å². The Morgan fingerprint density at radius 1 is 1.13 bits per heavy atom. The Labute approximate surface area is 226 Å². The van der Waals surface area contributed by atoms with Crippen LogP contribution in [-0.4, -0.2) is 55.8 Å². The third kappa shape index (κ3) is 5.96. The zero-order chi connectivity index (χ0) is 26.9. The fraction of sp³-hybridized carbons (Fsp3) is 0.500. The number of amides is 1. The molecule has 1 aromatic carbocycles. The largest absolute Gasteiger partial charge is 0.444 e. The Morgan fingerprint density at radius 2 is 1.82 bits per heavy atom. The third-order valence-electron chi connectivity index (χ3n) is 6.96. The number of likely N-dealkylation sites (tertiary alicyclic amines) is 1. The minimum absolute atomic E-state index is 0.330. The second kappa shape index (κ2) is 10.6. The number of carbonyl (C=O) groups is 1. The molecule has 2 fully saturated rings. The Bertz CT molecular complexity index is 1280. The molecule has 10 heteroatoms. The van der Waals surface area contributed by atoms with Gasteiger partial charge in [-0.1, -0.05) is 12.8 Å². The summed E-state index contributed by atoms with van der Waals surface area (Å²) in [6.45, 7) is 6.22. The number of hydrogen-bond acceptors (Lipinski definition) is 8. The number of aromatic nitrogens is 3. The molecule has 1 aliphatic heterocycles. The van der Waals surface area contributed by atoms with Crippen LogP contribution < -0.4 is 5.32 Å². The monoisotopic (exact) mass is 539 g/mol. The number of piperidine rings is 1. The molecular formula is C28H34FN5O3S. The maximum atomic E-state index is 13.7. The van der Waals surface area contributed by atoms with E-state index in [-0.39, 0.29) is 11.9 Å². The number of anilines is 1. The summed E-state index contributed by atoms with van der Waals surface area (Å²) in [5, 5.41) is 15.7. The van der Waals surface area contributed by atoms with Crippen molar-refractivity contribution >= 4 is 23.4 Å². The molecule has 0 atom stereocenters. The van der Waals surface area contributed by atoms with Gasteiger partial charge < -0.3 is 20.1 Å². The van der Waals surface area contributed by atoms with Gasteiger partial charge in [0.05, 0.1) is 16.3 Å². The normalized spacial score (nSPS) is 18.0. The maximum absolute atomic E-state index is 13.7. The Morgan fingerprint density at radius 3 is 2.47 bits per heavy atom. The molecule has 3 aromatic rings. The molecule has 0 bridgehead atoms. The van der Waals surface area contributed by atoms with E-state index < -0.39 is 11.2 Å². The van der Waals surface area contributed by atoms with Gasteiger partial charge in [0, 0.05) is 43.7 Å². The highest BCUT2D eigenvalue weighted by atomic mass is 32.1. The summed E-state index contributed by atoms with van der Waals surface area (Å²) >= 11 is 1.38. The predicted molar refractivity (Wildman–Crippen MR) is 145 cm³/mol. The highest BCUT2D eigenvalue weighted by Gasteiger charge is 2.40. The highest BCUT2D eigenvalue weighted by molar-refractivity contribution is 7.15. The lowest BCUT2D eigenvalue weighted by molar-refractivity contribution is -0.0356. The van der Waals surface area contributed by atoms with E-state index in [1.807, 2.05) is 26.8 Å². The number of rotatable bonds is 5. The van der Waals surface area contributed by atoms with Crippen LogP contribution in [0.1, 0.15) is 64.3 Å². The minimum atomic E-state index is -1.20. The average molecular weight is 540 g/mol. The molecule has 1 saturated heterocycles. The van der Waals surface area contributed by atoms with Crippen molar-refractivity contribution in [3.05, 3.63) is 47.4 Å². The van der Waals surface area contributed by atoms with Gasteiger partial charge >= 0.3 is 6.09 Å². The van der Waals surface area contributed by atoms with E-state index in [0.717, 1.165) is 23.3 Å². The van der Waals surface area contributed by atoms with Gasteiger partial charge in [-0.25, -0.2) is 24.1 Å². The molecule has 2 N–H and O–H groups in total. The van der Waals surface area contributed by atoms with Crippen LogP contribution in [0.2, 0.25) is 0 Å². The molecule has 1 saturated carbocycles. The van der Waals surface area contributed by atoms with Crippen LogP contribution in [0, 0.1) is 5.82 Å². The van der Waals surface area contributed by atoms with E-state index in [0.29, 0.717) is 54.3 Å². The van der Waals surface area contributed by atoms with Crippen molar-refractivity contribution in [3.8, 4) is 21.8 Å². The number of benzene rings is 1. The van der Waals surface area contributed by atoms with Crippen LogP contribution >= 0.6 is 11.3 Å². The van der Waals surface area contributed by atoms with Gasteiger partial charge in [0.2, 0.25) is 5.95 Å². The lowest BCUT2D eigenvalue weighted by atomic mass is 9.92. The van der Waals surface area contributed by atoms with Crippen molar-refractivity contribution in [1.29, 1.82) is 0 Å². The number of hydrogen-bond donors (Lipinski definition) is 2. The third-order valence-corrected chi connectivity index (χ3v) is 8.23. The molecule has 38 heavy (non-hydrogen) atoms. The summed E-state index contributed by atoms with van der Waals surface area (Å²) in [5.41, 5.74) is 0.287. The molecule has 3 heterocycles. The zero-order valence-electron chi connectivity index (χ0n) is 22.0. The van der Waals surface area contributed by atoms with Crippen molar-refractivity contribution in [2.24, 2.45) is 0 Å². The number of halogens is 1. The first-order valence-electron chi connectivity index (χ1n) is 13.2. The Balaban J connectivity index is 1.44. The summed E-state index contributed by atoms with van der Waals surface area (Å²) in [4.78, 5) is 29.0. The quantitative estimate of drug-likeness (QED) is 0.411. The second-order valence-electron chi connectivity index (χ2n) is 11.1. The van der Waals surface area contributed by atoms with E-state index in [2.05, 4.69) is 10.3 Å². The molecule has 0 radical (unpaired) electrons. The molecule has 1 amide bonds. The maximum Gasteiger partial charge on any atom is 0.410 e. The summed E-state index contributed by atoms with van der Waals surface area (Å²) in [6, 6.07) is 8.38. The zero-order valence-corrected chi connectivity index (χ0v) is 22.9. The fourth-order valence-corrected chi connectivity index (χ4v) is 6.11. The van der Waals surface area contributed by atoms with Crippen molar-refractivity contribution in [2.45, 2.75) is 76.5 Å². The van der Waals surface area contributed by atoms with Gasteiger partial charge in [0.1, 0.15) is 22.0 Å². The summed E-state index contributed by atoms with van der Waals surface area (Å²) in [6.07, 6.45) is 6.62. The van der Waals surface area contributed by atoms with Crippen molar-refractivity contribution < 1.29 is 19.0 Å². The van der Waals surface area contributed by atoms with Crippen LogP contribution in [0.15, 0.2) is 36.5 Å². The van der Waals surface area contributed by atoms with Gasteiger partial charge in [-0.2, -0.15) is 0 Å². The van der Waals surface area contributed by atoms with Crippen LogP contribution in [-0.2, 0) is 10.3 Å². The number of ether oxygens (including phenoxy) is 1. The lowest BCUT2D eigenvalue weighted by Crippen LogP contribution is -2.46. The average Bonchev–Trinajstić information content (AvgIpc) is 3.55. The summed E-state index contributed by atoms with van der Waals surface area (Å²) in [5.74, 6) is 0.239. The van der Waals surface area contributed by atoms with Gasteiger partial charge in [0.25, 0.3) is 0 Å². The van der Waals surface area contributed by atoms with E-state index in [1.165, 1.54) is 36.3 Å². The van der Waals surface area contributed by atoms with E-state index in [9.17, 15) is 14.3 Å². The van der Waals surface area contributed by atoms with Crippen LogP contribution in [0.5, 0.6) is 0 Å². The van der Waals surface area contributed by atoms with Crippen molar-refractivity contribution in [1.82, 2.24) is 19.9 Å². The molecular weight excluding hydrogens is 505 g/mol. The van der Waals surface area contributed by atoms with E-state index in [1.54, 1.807) is 23.2 Å². The first-order valence-corrected chi connectivity index (χ1v) is 14.0. The Hall–Kier alpha value is -3.11. The molecule has 5 rings (SSSR count). The summed E-state index contributed by atoms with van der Waals surface area (Å²) in [7, 11) is 0. The van der Waals surface area contributed by atoms with Gasteiger partial charge in [-0.15, -0.1) is 11.3 Å². The number of nitrogens with zero attached hydrogens (tertiary/aromatic N) is 4. The highest BCUT2D eigenvalue weighted by Crippen LogP contribution is 2.43. The van der Waals surface area contributed by atoms with Gasteiger partial charge in [0.15, 0.2) is 0 Å². The Kier molecular flexibility index (Phi) is 7.37. The molecule has 2 aromatic heterocycles. The predicted octanol–water partition coefficient (Wildman–Crippen LogP) is 5.98. The molecule has 0 unspecified atom stereocenters. The first kappa shape index (κ1) is 26.5. The van der Waals surface area contributed by atoms with Crippen LogP contribution in [0.4, 0.5) is 15.1 Å². The molecule has 202 valence electrons. The number of carbonyl (C=O) groups excluding carboxylic acids is 1. The lowest BCUT2D eigenvalue weighted by Gasteiger charge is -2.37. The van der Waals surface area contributed by atoms with Crippen molar-refractivity contribution in [3.63, 3.8) is 0 Å². The van der Waals surface area contributed by atoms with Gasteiger partial charge in [-0.05, 0) is 63.9 Å². The molecule has 8 nitrogen and oxygen atoms in total. The van der Waals surface area contributed by atoms with Crippen LogP contribution in [0.25, 0.3) is 21.8 Å². The van der Waals surface area contributed by atoms with Gasteiger partial charge in [-0.3, -0.25) is 0 Å². The molecule has 0 spiro atoms.